The molecule has 0 fully saturated rings. The third-order valence-corrected chi connectivity index (χ3v) is 19.5. The van der Waals surface area contributed by atoms with Crippen molar-refractivity contribution >= 4 is 43.1 Å². The van der Waals surface area contributed by atoms with E-state index in [1.807, 2.05) is 0 Å². The Bertz CT molecular complexity index is 4610. The second-order valence-electron chi connectivity index (χ2n) is 25.2. The van der Waals surface area contributed by atoms with Crippen LogP contribution in [0, 0.1) is 0 Å². The molecule has 0 bridgehead atoms. The zero-order chi connectivity index (χ0) is 59.7. The topological polar surface area (TPSA) is 0 Å². The normalized spacial score (nSPS) is 12.5. The highest BCUT2D eigenvalue weighted by molar-refractivity contribution is 6.05. The maximum atomic E-state index is 2.68. The fraction of sp³-hybridized carbons (Fsp3) is 0.146. The summed E-state index contributed by atoms with van der Waals surface area (Å²) in [5.41, 5.74) is 25.5. The van der Waals surface area contributed by atoms with E-state index in [9.17, 15) is 0 Å². The van der Waals surface area contributed by atoms with Gasteiger partial charge in [-0.15, -0.1) is 0 Å². The molecule has 0 saturated carbocycles. The van der Waals surface area contributed by atoms with E-state index in [1.54, 1.807) is 0 Å². The van der Waals surface area contributed by atoms with Crippen LogP contribution in [0.1, 0.15) is 89.2 Å². The average Bonchev–Trinajstić information content (AvgIpc) is 1.66. The highest BCUT2D eigenvalue weighted by Gasteiger charge is 2.45. The summed E-state index contributed by atoms with van der Waals surface area (Å²) in [5, 5.41) is 10.1. The van der Waals surface area contributed by atoms with Crippen molar-refractivity contribution in [3.8, 4) is 100 Å². The Morgan fingerprint density at radius 3 is 0.865 bits per heavy atom. The largest absolute Gasteiger partial charge is 0.0654 e. The summed E-state index contributed by atoms with van der Waals surface area (Å²) in [6.07, 6.45) is 11.8. The maximum Gasteiger partial charge on any atom is 0.0216 e. The van der Waals surface area contributed by atoms with E-state index in [-0.39, 0.29) is 5.41 Å². The molecule has 0 amide bonds. The Labute approximate surface area is 525 Å². The molecule has 1 aliphatic rings. The lowest BCUT2D eigenvalue weighted by atomic mass is 9.69. The van der Waals surface area contributed by atoms with Crippen LogP contribution in [-0.4, -0.2) is 0 Å². The van der Waals surface area contributed by atoms with Gasteiger partial charge in [-0.3, -0.25) is 0 Å². The van der Waals surface area contributed by atoms with Gasteiger partial charge < -0.3 is 0 Å². The first kappa shape index (κ1) is 55.7. The van der Waals surface area contributed by atoms with Crippen molar-refractivity contribution in [1.82, 2.24) is 0 Å². The summed E-state index contributed by atoms with van der Waals surface area (Å²) in [6, 6.07) is 111. The fourth-order valence-electron chi connectivity index (χ4n) is 14.8. The van der Waals surface area contributed by atoms with Crippen LogP contribution in [0.4, 0.5) is 0 Å². The van der Waals surface area contributed by atoms with E-state index in [2.05, 4.69) is 305 Å². The molecule has 0 atom stereocenters. The van der Waals surface area contributed by atoms with E-state index in [1.165, 1.54) is 193 Å². The Morgan fingerprint density at radius 2 is 0.494 bits per heavy atom. The van der Waals surface area contributed by atoms with Crippen LogP contribution < -0.4 is 0 Å². The number of fused-ring (bicyclic) bond motifs is 7. The molecule has 430 valence electrons. The van der Waals surface area contributed by atoms with Crippen LogP contribution in [0.5, 0.6) is 0 Å². The number of rotatable bonds is 18. The first-order chi connectivity index (χ1) is 44.0. The van der Waals surface area contributed by atoms with E-state index in [0.29, 0.717) is 0 Å². The van der Waals surface area contributed by atoms with Crippen LogP contribution in [0.3, 0.4) is 0 Å². The summed E-state index contributed by atoms with van der Waals surface area (Å²) >= 11 is 0. The van der Waals surface area contributed by atoms with Gasteiger partial charge in [-0.25, -0.2) is 0 Å². The van der Waals surface area contributed by atoms with Crippen molar-refractivity contribution in [3.63, 3.8) is 0 Å². The Kier molecular flexibility index (Phi) is 15.2. The quantitative estimate of drug-likeness (QED) is 0.0751. The summed E-state index contributed by atoms with van der Waals surface area (Å²) < 4.78 is 0. The molecule has 0 aromatic heterocycles. The Morgan fingerprint density at radius 1 is 0.202 bits per heavy atom. The van der Waals surface area contributed by atoms with E-state index >= 15 is 0 Å². The van der Waals surface area contributed by atoms with Gasteiger partial charge >= 0.3 is 0 Å². The molecule has 0 heterocycles. The average molecular weight is 1140 g/mol. The second kappa shape index (κ2) is 24.4. The summed E-state index contributed by atoms with van der Waals surface area (Å²) in [7, 11) is 0. The molecule has 14 aromatic rings. The van der Waals surface area contributed by atoms with E-state index in [4.69, 9.17) is 0 Å². The summed E-state index contributed by atoms with van der Waals surface area (Å²) in [5.74, 6) is 0. The SMILES string of the molecule is CCCCCCC1(CCCCCC)c2cc(-c3ccc4cc(-c5ccc6ccccc6c5)ccc4c3)cc(-c3cccc(-c4ccccc4)c3)c2-c2c(-c3cccc(-c4ccccc4)c3)cc(-c3ccc4cc(-c5ccc6ccccc6c5)ccc4c3)cc21. The van der Waals surface area contributed by atoms with Gasteiger partial charge in [0.05, 0.1) is 0 Å². The number of hydrogen-bond donors (Lipinski definition) is 0. The van der Waals surface area contributed by atoms with Gasteiger partial charge in [0, 0.05) is 5.41 Å². The smallest absolute Gasteiger partial charge is 0.0216 e. The number of unbranched alkanes of at least 4 members (excludes halogenated alkanes) is 6. The highest BCUT2D eigenvalue weighted by Crippen LogP contribution is 2.61. The zero-order valence-corrected chi connectivity index (χ0v) is 51.3. The lowest BCUT2D eigenvalue weighted by molar-refractivity contribution is 0.401. The standard InChI is InChI=1S/C89H74/c1-3-5-7-19-47-89(48-20-8-6-4-2)85-59-81(77-45-43-73-51-71(39-41-75(73)53-77)69-37-35-63-27-15-17-29-65(63)49-69)57-83(79-33-21-31-67(55-79)61-23-11-9-12-24-61)87(85)88-84(80-34-22-32-68(56-80)62-25-13-10-14-26-62)58-82(60-86(88)89)78-46-44-74-52-72(40-42-76(74)54-78)70-38-36-64-28-16-18-30-66(64)50-70/h9-18,21-46,49-60H,3-8,19-20,47-48H2,1-2H3. The molecule has 0 nitrogen and oxygen atoms in total. The fourth-order valence-corrected chi connectivity index (χ4v) is 14.8. The van der Waals surface area contributed by atoms with Crippen molar-refractivity contribution in [1.29, 1.82) is 0 Å². The summed E-state index contributed by atoms with van der Waals surface area (Å²) in [4.78, 5) is 0. The molecule has 0 unspecified atom stereocenters. The Balaban J connectivity index is 0.967. The third-order valence-electron chi connectivity index (χ3n) is 19.5. The molecule has 0 N–H and O–H groups in total. The van der Waals surface area contributed by atoms with Crippen molar-refractivity contribution < 1.29 is 0 Å². The van der Waals surface area contributed by atoms with Crippen molar-refractivity contribution in [2.24, 2.45) is 0 Å². The monoisotopic (exact) mass is 1140 g/mol. The van der Waals surface area contributed by atoms with Crippen molar-refractivity contribution in [3.05, 3.63) is 302 Å². The van der Waals surface area contributed by atoms with Gasteiger partial charge in [0.2, 0.25) is 0 Å². The predicted octanol–water partition coefficient (Wildman–Crippen LogP) is 25.8. The maximum absolute atomic E-state index is 2.68. The van der Waals surface area contributed by atoms with Crippen LogP contribution in [0.15, 0.2) is 291 Å². The second-order valence-corrected chi connectivity index (χ2v) is 25.2. The van der Waals surface area contributed by atoms with Crippen molar-refractivity contribution in [2.45, 2.75) is 83.5 Å². The van der Waals surface area contributed by atoms with Gasteiger partial charge in [-0.1, -0.05) is 284 Å². The molecule has 15 rings (SSSR count). The molecule has 0 radical (unpaired) electrons. The first-order valence-corrected chi connectivity index (χ1v) is 32.7. The lowest BCUT2D eigenvalue weighted by Gasteiger charge is -2.34. The molecule has 0 spiro atoms. The number of hydrogen-bond acceptors (Lipinski definition) is 0. The molecule has 1 aliphatic carbocycles. The molecular formula is C89H74. The Hall–Kier alpha value is -9.88. The molecule has 0 saturated heterocycles. The molecule has 0 heteroatoms. The van der Waals surface area contributed by atoms with E-state index < -0.39 is 0 Å². The van der Waals surface area contributed by atoms with Crippen LogP contribution in [-0.2, 0) is 5.41 Å². The minimum Gasteiger partial charge on any atom is -0.0654 e. The van der Waals surface area contributed by atoms with Crippen LogP contribution in [0.25, 0.3) is 143 Å². The van der Waals surface area contributed by atoms with Crippen LogP contribution in [0.2, 0.25) is 0 Å². The lowest BCUT2D eigenvalue weighted by Crippen LogP contribution is -2.26. The van der Waals surface area contributed by atoms with Gasteiger partial charge in [-0.05, 0) is 240 Å². The molecule has 0 aliphatic heterocycles. The van der Waals surface area contributed by atoms with Crippen LogP contribution >= 0.6 is 0 Å². The molecular weight excluding hydrogens is 1070 g/mol. The van der Waals surface area contributed by atoms with Crippen molar-refractivity contribution in [2.75, 3.05) is 0 Å². The molecule has 14 aromatic carbocycles. The summed E-state index contributed by atoms with van der Waals surface area (Å²) in [6.45, 7) is 4.71. The first-order valence-electron chi connectivity index (χ1n) is 32.7. The number of benzene rings is 14. The van der Waals surface area contributed by atoms with Gasteiger partial charge in [-0.2, -0.15) is 0 Å². The molecule has 89 heavy (non-hydrogen) atoms. The van der Waals surface area contributed by atoms with Gasteiger partial charge in [0.1, 0.15) is 0 Å². The van der Waals surface area contributed by atoms with E-state index in [0.717, 1.165) is 25.7 Å². The van der Waals surface area contributed by atoms with Gasteiger partial charge in [0.15, 0.2) is 0 Å². The zero-order valence-electron chi connectivity index (χ0n) is 51.3. The highest BCUT2D eigenvalue weighted by atomic mass is 14.5. The minimum absolute atomic E-state index is 0.257. The minimum atomic E-state index is -0.257. The predicted molar refractivity (Wildman–Crippen MR) is 384 cm³/mol. The third kappa shape index (κ3) is 10.9. The van der Waals surface area contributed by atoms with Gasteiger partial charge in [0.25, 0.3) is 0 Å².